The minimum atomic E-state index is -0.668. The summed E-state index contributed by atoms with van der Waals surface area (Å²) in [5, 5.41) is 13.7. The van der Waals surface area contributed by atoms with Gasteiger partial charge in [-0.05, 0) is 42.2 Å². The SMILES string of the molecule is O=C(NCc1cccc(F)c1)c1c(O)c2cccc3c2n(c1=O)CCC3. The van der Waals surface area contributed by atoms with Crippen LogP contribution < -0.4 is 10.9 Å². The first-order valence-electron chi connectivity index (χ1n) is 8.46. The van der Waals surface area contributed by atoms with Gasteiger partial charge in [0.25, 0.3) is 11.5 Å². The average Bonchev–Trinajstić information content (AvgIpc) is 2.64. The van der Waals surface area contributed by atoms with Gasteiger partial charge in [0.15, 0.2) is 0 Å². The fourth-order valence-electron chi connectivity index (χ4n) is 3.54. The van der Waals surface area contributed by atoms with Crippen LogP contribution in [0.3, 0.4) is 0 Å². The van der Waals surface area contributed by atoms with Crippen molar-refractivity contribution in [3.05, 3.63) is 75.3 Å². The van der Waals surface area contributed by atoms with Gasteiger partial charge in [-0.1, -0.05) is 24.3 Å². The van der Waals surface area contributed by atoms with E-state index in [1.807, 2.05) is 12.1 Å². The van der Waals surface area contributed by atoms with Crippen molar-refractivity contribution in [1.29, 1.82) is 0 Å². The van der Waals surface area contributed by atoms with Crippen LogP contribution in [0, 0.1) is 5.82 Å². The van der Waals surface area contributed by atoms with Gasteiger partial charge in [0, 0.05) is 18.5 Å². The number of benzene rings is 2. The Morgan fingerprint density at radius 2 is 2.04 bits per heavy atom. The molecule has 2 N–H and O–H groups in total. The number of carbonyl (C=O) groups is 1. The molecule has 26 heavy (non-hydrogen) atoms. The van der Waals surface area contributed by atoms with Crippen LogP contribution in [-0.2, 0) is 19.5 Å². The number of nitrogens with one attached hydrogen (secondary N) is 1. The Bertz CT molecular complexity index is 1090. The third-order valence-corrected chi connectivity index (χ3v) is 4.74. The highest BCUT2D eigenvalue weighted by Gasteiger charge is 2.24. The van der Waals surface area contributed by atoms with Crippen LogP contribution in [0.15, 0.2) is 47.3 Å². The van der Waals surface area contributed by atoms with Crippen molar-refractivity contribution in [2.24, 2.45) is 0 Å². The lowest BCUT2D eigenvalue weighted by molar-refractivity contribution is 0.0946. The number of aromatic nitrogens is 1. The minimum absolute atomic E-state index is 0.0630. The van der Waals surface area contributed by atoms with Gasteiger partial charge in [0.05, 0.1) is 5.52 Å². The molecule has 0 spiro atoms. The summed E-state index contributed by atoms with van der Waals surface area (Å²) >= 11 is 0. The molecule has 5 nitrogen and oxygen atoms in total. The van der Waals surface area contributed by atoms with Crippen molar-refractivity contribution in [2.45, 2.75) is 25.9 Å². The van der Waals surface area contributed by atoms with Crippen LogP contribution >= 0.6 is 0 Å². The van der Waals surface area contributed by atoms with Gasteiger partial charge in [-0.15, -0.1) is 0 Å². The Morgan fingerprint density at radius 1 is 1.23 bits per heavy atom. The molecule has 1 aromatic heterocycles. The predicted molar refractivity (Wildman–Crippen MR) is 95.8 cm³/mol. The smallest absolute Gasteiger partial charge is 0.267 e. The quantitative estimate of drug-likeness (QED) is 0.761. The molecule has 0 bridgehead atoms. The van der Waals surface area contributed by atoms with Crippen LogP contribution in [0.1, 0.15) is 27.9 Å². The number of aromatic hydroxyl groups is 1. The number of rotatable bonds is 3. The van der Waals surface area contributed by atoms with E-state index in [1.165, 1.54) is 12.1 Å². The van der Waals surface area contributed by atoms with E-state index in [2.05, 4.69) is 5.32 Å². The number of carbonyl (C=O) groups excluding carboxylic acids is 1. The summed E-state index contributed by atoms with van der Waals surface area (Å²) in [6, 6.07) is 11.3. The van der Waals surface area contributed by atoms with Gasteiger partial charge in [-0.3, -0.25) is 9.59 Å². The van der Waals surface area contributed by atoms with Crippen LogP contribution in [0.25, 0.3) is 10.9 Å². The number of para-hydroxylation sites is 1. The number of pyridine rings is 1. The largest absolute Gasteiger partial charge is 0.506 e. The summed E-state index contributed by atoms with van der Waals surface area (Å²) in [6.07, 6.45) is 1.64. The molecule has 0 atom stereocenters. The molecule has 2 heterocycles. The molecule has 4 rings (SSSR count). The predicted octanol–water partition coefficient (Wildman–Crippen LogP) is 2.72. The summed E-state index contributed by atoms with van der Waals surface area (Å²) in [6.45, 7) is 0.574. The minimum Gasteiger partial charge on any atom is -0.506 e. The molecule has 0 saturated carbocycles. The van der Waals surface area contributed by atoms with Crippen molar-refractivity contribution in [3.8, 4) is 5.75 Å². The van der Waals surface area contributed by atoms with Crippen molar-refractivity contribution < 1.29 is 14.3 Å². The summed E-state index contributed by atoms with van der Waals surface area (Å²) in [4.78, 5) is 25.4. The lowest BCUT2D eigenvalue weighted by Gasteiger charge is -2.21. The molecule has 1 aliphatic rings. The lowest BCUT2D eigenvalue weighted by atomic mass is 9.99. The maximum atomic E-state index is 13.3. The van der Waals surface area contributed by atoms with Gasteiger partial charge < -0.3 is 15.0 Å². The molecule has 0 fully saturated rings. The molecule has 6 heteroatoms. The molecule has 0 saturated heterocycles. The first-order valence-corrected chi connectivity index (χ1v) is 8.46. The highest BCUT2D eigenvalue weighted by Crippen LogP contribution is 2.31. The second-order valence-corrected chi connectivity index (χ2v) is 6.41. The summed E-state index contributed by atoms with van der Waals surface area (Å²) in [7, 11) is 0. The lowest BCUT2D eigenvalue weighted by Crippen LogP contribution is -2.34. The Kier molecular flexibility index (Phi) is 3.95. The van der Waals surface area contributed by atoms with Gasteiger partial charge in [-0.25, -0.2) is 4.39 Å². The molecule has 0 aliphatic carbocycles. The second-order valence-electron chi connectivity index (χ2n) is 6.41. The maximum absolute atomic E-state index is 13.3. The van der Waals surface area contributed by atoms with Crippen LogP contribution in [0.4, 0.5) is 4.39 Å². The fraction of sp³-hybridized carbons (Fsp3) is 0.200. The Hall–Kier alpha value is -3.15. The third kappa shape index (κ3) is 2.63. The summed E-state index contributed by atoms with van der Waals surface area (Å²) in [5.74, 6) is -1.37. The fourth-order valence-corrected chi connectivity index (χ4v) is 3.54. The van der Waals surface area contributed by atoms with Gasteiger partial charge in [0.2, 0.25) is 0 Å². The molecule has 1 aliphatic heterocycles. The van der Waals surface area contributed by atoms with Crippen LogP contribution in [-0.4, -0.2) is 15.6 Å². The summed E-state index contributed by atoms with van der Waals surface area (Å²) < 4.78 is 14.8. The van der Waals surface area contributed by atoms with Crippen LogP contribution in [0.5, 0.6) is 5.75 Å². The second kappa shape index (κ2) is 6.29. The number of amides is 1. The topological polar surface area (TPSA) is 71.3 Å². The normalized spacial score (nSPS) is 13.0. The molecular formula is C20H17FN2O3. The molecule has 0 unspecified atom stereocenters. The van der Waals surface area contributed by atoms with Crippen LogP contribution in [0.2, 0.25) is 0 Å². The molecule has 0 radical (unpaired) electrons. The number of halogens is 1. The number of hydrogen-bond acceptors (Lipinski definition) is 3. The number of hydrogen-bond donors (Lipinski definition) is 2. The van der Waals surface area contributed by atoms with Gasteiger partial charge >= 0.3 is 0 Å². The van der Waals surface area contributed by atoms with Crippen molar-refractivity contribution in [1.82, 2.24) is 9.88 Å². The number of aryl methyl sites for hydroxylation is 2. The monoisotopic (exact) mass is 352 g/mol. The molecular weight excluding hydrogens is 335 g/mol. The van der Waals surface area contributed by atoms with Crippen molar-refractivity contribution >= 4 is 16.8 Å². The highest BCUT2D eigenvalue weighted by atomic mass is 19.1. The van der Waals surface area contributed by atoms with E-state index in [1.54, 1.807) is 22.8 Å². The van der Waals surface area contributed by atoms with Gasteiger partial charge in [-0.2, -0.15) is 0 Å². The van der Waals surface area contributed by atoms with E-state index in [0.29, 0.717) is 23.0 Å². The average molecular weight is 352 g/mol. The molecule has 2 aromatic carbocycles. The zero-order valence-electron chi connectivity index (χ0n) is 14.0. The Balaban J connectivity index is 1.75. The van der Waals surface area contributed by atoms with E-state index in [-0.39, 0.29) is 17.9 Å². The van der Waals surface area contributed by atoms with Crippen molar-refractivity contribution in [3.63, 3.8) is 0 Å². The molecule has 132 valence electrons. The van der Waals surface area contributed by atoms with E-state index in [9.17, 15) is 19.1 Å². The Labute approximate surface area is 148 Å². The molecule has 1 amide bonds. The van der Waals surface area contributed by atoms with Gasteiger partial charge in [0.1, 0.15) is 17.1 Å². The molecule has 3 aromatic rings. The van der Waals surface area contributed by atoms with E-state index < -0.39 is 17.3 Å². The third-order valence-electron chi connectivity index (χ3n) is 4.74. The van der Waals surface area contributed by atoms with Crippen molar-refractivity contribution in [2.75, 3.05) is 0 Å². The number of nitrogens with zero attached hydrogens (tertiary/aromatic N) is 1. The summed E-state index contributed by atoms with van der Waals surface area (Å²) in [5.41, 5.74) is 1.49. The van der Waals surface area contributed by atoms with E-state index in [4.69, 9.17) is 0 Å². The first kappa shape index (κ1) is 16.3. The zero-order valence-corrected chi connectivity index (χ0v) is 14.0. The highest BCUT2D eigenvalue weighted by molar-refractivity contribution is 6.02. The van der Waals surface area contributed by atoms with E-state index >= 15 is 0 Å². The standard InChI is InChI=1S/C20H17FN2O3/c21-14-7-1-4-12(10-14)11-22-19(25)16-18(24)15-8-2-5-13-6-3-9-23(17(13)15)20(16)26/h1-2,4-5,7-8,10,24H,3,6,9,11H2,(H,22,25). The maximum Gasteiger partial charge on any atom is 0.267 e. The zero-order chi connectivity index (χ0) is 18.3. The first-order chi connectivity index (χ1) is 12.6. The Morgan fingerprint density at radius 3 is 2.85 bits per heavy atom. The van der Waals surface area contributed by atoms with E-state index in [0.717, 1.165) is 18.4 Å².